The van der Waals surface area contributed by atoms with Crippen molar-refractivity contribution in [2.75, 3.05) is 13.2 Å². The Balaban J connectivity index is 2.21. The topological polar surface area (TPSA) is 32.3 Å². The molecule has 0 aliphatic rings. The molecule has 14 heavy (non-hydrogen) atoms. The SMILES string of the molecule is CCC(CO)NCCc1ccccc1. The molecule has 0 amide bonds. The standard InChI is InChI=1S/C12H19NO/c1-2-12(10-14)13-9-8-11-6-4-3-5-7-11/h3-7,12-14H,2,8-10H2,1H3. The fourth-order valence-electron chi connectivity index (χ4n) is 1.40. The maximum Gasteiger partial charge on any atom is 0.0584 e. The van der Waals surface area contributed by atoms with E-state index in [0.717, 1.165) is 19.4 Å². The summed E-state index contributed by atoms with van der Waals surface area (Å²) >= 11 is 0. The van der Waals surface area contributed by atoms with Gasteiger partial charge in [0.2, 0.25) is 0 Å². The van der Waals surface area contributed by atoms with Crippen LogP contribution < -0.4 is 5.32 Å². The highest BCUT2D eigenvalue weighted by Gasteiger charge is 2.01. The Labute approximate surface area is 86.0 Å². The quantitative estimate of drug-likeness (QED) is 0.719. The van der Waals surface area contributed by atoms with Crippen LogP contribution in [-0.2, 0) is 6.42 Å². The van der Waals surface area contributed by atoms with Crippen LogP contribution in [0.5, 0.6) is 0 Å². The van der Waals surface area contributed by atoms with Crippen LogP contribution in [0.15, 0.2) is 30.3 Å². The first-order valence-electron chi connectivity index (χ1n) is 5.25. The number of hydrogen-bond acceptors (Lipinski definition) is 2. The zero-order valence-corrected chi connectivity index (χ0v) is 8.74. The van der Waals surface area contributed by atoms with Gasteiger partial charge in [0.1, 0.15) is 0 Å². The Morgan fingerprint density at radius 2 is 2.00 bits per heavy atom. The fourth-order valence-corrected chi connectivity index (χ4v) is 1.40. The van der Waals surface area contributed by atoms with E-state index in [2.05, 4.69) is 36.5 Å². The molecule has 1 aromatic rings. The lowest BCUT2D eigenvalue weighted by Gasteiger charge is -2.13. The Bertz CT molecular complexity index is 231. The van der Waals surface area contributed by atoms with Gasteiger partial charge in [0.05, 0.1) is 6.61 Å². The minimum atomic E-state index is 0.227. The van der Waals surface area contributed by atoms with E-state index in [9.17, 15) is 0 Å². The largest absolute Gasteiger partial charge is 0.395 e. The second-order valence-electron chi connectivity index (χ2n) is 3.48. The van der Waals surface area contributed by atoms with Crippen LogP contribution >= 0.6 is 0 Å². The molecule has 0 saturated heterocycles. The lowest BCUT2D eigenvalue weighted by molar-refractivity contribution is 0.240. The Kier molecular flexibility index (Phi) is 5.27. The number of rotatable bonds is 6. The van der Waals surface area contributed by atoms with Crippen molar-refractivity contribution < 1.29 is 5.11 Å². The molecule has 2 nitrogen and oxygen atoms in total. The van der Waals surface area contributed by atoms with Gasteiger partial charge in [-0.2, -0.15) is 0 Å². The first-order valence-corrected chi connectivity index (χ1v) is 5.25. The molecule has 0 aliphatic carbocycles. The molecule has 2 N–H and O–H groups in total. The molecule has 78 valence electrons. The van der Waals surface area contributed by atoms with E-state index in [1.54, 1.807) is 0 Å². The van der Waals surface area contributed by atoms with Crippen LogP contribution in [0.3, 0.4) is 0 Å². The lowest BCUT2D eigenvalue weighted by Crippen LogP contribution is -2.33. The summed E-state index contributed by atoms with van der Waals surface area (Å²) in [6.45, 7) is 3.24. The summed E-state index contributed by atoms with van der Waals surface area (Å²) in [5, 5.41) is 12.3. The molecule has 0 aliphatic heterocycles. The van der Waals surface area contributed by atoms with Crippen LogP contribution in [0.4, 0.5) is 0 Å². The third-order valence-electron chi connectivity index (χ3n) is 2.40. The van der Waals surface area contributed by atoms with Gasteiger partial charge in [-0.15, -0.1) is 0 Å². The summed E-state index contributed by atoms with van der Waals surface area (Å²) < 4.78 is 0. The first-order chi connectivity index (χ1) is 6.86. The van der Waals surface area contributed by atoms with Crippen molar-refractivity contribution >= 4 is 0 Å². The third kappa shape index (κ3) is 3.90. The number of aliphatic hydroxyl groups is 1. The van der Waals surface area contributed by atoms with Crippen molar-refractivity contribution in [3.63, 3.8) is 0 Å². The highest BCUT2D eigenvalue weighted by Crippen LogP contribution is 1.98. The molecule has 0 saturated carbocycles. The maximum atomic E-state index is 8.96. The highest BCUT2D eigenvalue weighted by molar-refractivity contribution is 5.14. The number of nitrogens with one attached hydrogen (secondary N) is 1. The second kappa shape index (κ2) is 6.57. The minimum Gasteiger partial charge on any atom is -0.395 e. The molecule has 1 atom stereocenters. The summed E-state index contributed by atoms with van der Waals surface area (Å²) in [6, 6.07) is 10.6. The molecule has 0 spiro atoms. The van der Waals surface area contributed by atoms with E-state index >= 15 is 0 Å². The summed E-state index contributed by atoms with van der Waals surface area (Å²) in [4.78, 5) is 0. The second-order valence-corrected chi connectivity index (χ2v) is 3.48. The van der Waals surface area contributed by atoms with Crippen LogP contribution in [0.1, 0.15) is 18.9 Å². The molecule has 0 radical (unpaired) electrons. The van der Waals surface area contributed by atoms with Crippen LogP contribution in [-0.4, -0.2) is 24.3 Å². The summed E-state index contributed by atoms with van der Waals surface area (Å²) in [7, 11) is 0. The van der Waals surface area contributed by atoms with Gasteiger partial charge in [0.15, 0.2) is 0 Å². The smallest absolute Gasteiger partial charge is 0.0584 e. The van der Waals surface area contributed by atoms with E-state index < -0.39 is 0 Å². The van der Waals surface area contributed by atoms with Gasteiger partial charge < -0.3 is 10.4 Å². The van der Waals surface area contributed by atoms with Gasteiger partial charge in [-0.1, -0.05) is 37.3 Å². The predicted molar refractivity (Wildman–Crippen MR) is 59.3 cm³/mol. The maximum absolute atomic E-state index is 8.96. The van der Waals surface area contributed by atoms with E-state index in [4.69, 9.17) is 5.11 Å². The number of aliphatic hydroxyl groups excluding tert-OH is 1. The monoisotopic (exact) mass is 193 g/mol. The van der Waals surface area contributed by atoms with Crippen molar-refractivity contribution in [3.8, 4) is 0 Å². The molecule has 1 rings (SSSR count). The van der Waals surface area contributed by atoms with Gasteiger partial charge in [0, 0.05) is 6.04 Å². The normalized spacial score (nSPS) is 12.7. The van der Waals surface area contributed by atoms with Crippen molar-refractivity contribution in [1.82, 2.24) is 5.32 Å². The number of hydrogen-bond donors (Lipinski definition) is 2. The van der Waals surface area contributed by atoms with Crippen LogP contribution in [0.25, 0.3) is 0 Å². The van der Waals surface area contributed by atoms with Gasteiger partial charge >= 0.3 is 0 Å². The predicted octanol–water partition coefficient (Wildman–Crippen LogP) is 1.59. The average Bonchev–Trinajstić information content (AvgIpc) is 2.26. The minimum absolute atomic E-state index is 0.227. The Morgan fingerprint density at radius 1 is 1.29 bits per heavy atom. The van der Waals surface area contributed by atoms with E-state index in [1.807, 2.05) is 6.07 Å². The molecule has 0 aromatic heterocycles. The number of benzene rings is 1. The van der Waals surface area contributed by atoms with Crippen molar-refractivity contribution in [2.45, 2.75) is 25.8 Å². The van der Waals surface area contributed by atoms with Crippen molar-refractivity contribution in [1.29, 1.82) is 0 Å². The lowest BCUT2D eigenvalue weighted by atomic mass is 10.1. The van der Waals surface area contributed by atoms with E-state index in [1.165, 1.54) is 5.56 Å². The highest BCUT2D eigenvalue weighted by atomic mass is 16.3. The summed E-state index contributed by atoms with van der Waals surface area (Å²) in [5.41, 5.74) is 1.34. The molecule has 1 unspecified atom stereocenters. The Hall–Kier alpha value is -0.860. The Morgan fingerprint density at radius 3 is 2.57 bits per heavy atom. The van der Waals surface area contributed by atoms with Gasteiger partial charge in [0.25, 0.3) is 0 Å². The summed E-state index contributed by atoms with van der Waals surface area (Å²) in [6.07, 6.45) is 2.00. The van der Waals surface area contributed by atoms with E-state index in [0.29, 0.717) is 0 Å². The average molecular weight is 193 g/mol. The van der Waals surface area contributed by atoms with E-state index in [-0.39, 0.29) is 12.6 Å². The fraction of sp³-hybridized carbons (Fsp3) is 0.500. The zero-order valence-electron chi connectivity index (χ0n) is 8.74. The van der Waals surface area contributed by atoms with Crippen molar-refractivity contribution in [2.24, 2.45) is 0 Å². The molecule has 0 heterocycles. The van der Waals surface area contributed by atoms with Crippen molar-refractivity contribution in [3.05, 3.63) is 35.9 Å². The molecule has 2 heteroatoms. The van der Waals surface area contributed by atoms with Crippen LogP contribution in [0, 0.1) is 0 Å². The summed E-state index contributed by atoms with van der Waals surface area (Å²) in [5.74, 6) is 0. The molecule has 1 aromatic carbocycles. The van der Waals surface area contributed by atoms with Gasteiger partial charge in [-0.3, -0.25) is 0 Å². The molecule has 0 fully saturated rings. The third-order valence-corrected chi connectivity index (χ3v) is 2.40. The van der Waals surface area contributed by atoms with Gasteiger partial charge in [-0.05, 0) is 24.9 Å². The van der Waals surface area contributed by atoms with Crippen LogP contribution in [0.2, 0.25) is 0 Å². The zero-order chi connectivity index (χ0) is 10.2. The molecular formula is C12H19NO. The molecular weight excluding hydrogens is 174 g/mol. The van der Waals surface area contributed by atoms with Gasteiger partial charge in [-0.25, -0.2) is 0 Å². The molecule has 0 bridgehead atoms. The first kappa shape index (κ1) is 11.2.